The van der Waals surface area contributed by atoms with E-state index in [2.05, 4.69) is 68.4 Å². The Morgan fingerprint density at radius 2 is 1.75 bits per heavy atom. The van der Waals surface area contributed by atoms with Crippen molar-refractivity contribution in [1.82, 2.24) is 20.2 Å². The van der Waals surface area contributed by atoms with Crippen LogP contribution in [0.1, 0.15) is 18.1 Å². The summed E-state index contributed by atoms with van der Waals surface area (Å²) < 4.78 is 0. The molecule has 0 atom stereocenters. The van der Waals surface area contributed by atoms with Gasteiger partial charge >= 0.3 is 0 Å². The minimum atomic E-state index is 0.536. The first kappa shape index (κ1) is 18.2. The minimum Gasteiger partial charge on any atom is -0.353 e. The molecule has 0 unspecified atom stereocenters. The third-order valence-corrected chi connectivity index (χ3v) is 5.10. The van der Waals surface area contributed by atoms with Crippen LogP contribution in [-0.4, -0.2) is 46.3 Å². The Bertz CT molecular complexity index is 921. The number of nitrogens with one attached hydrogen (secondary N) is 1. The van der Waals surface area contributed by atoms with E-state index >= 15 is 0 Å². The van der Waals surface area contributed by atoms with Crippen molar-refractivity contribution in [2.45, 2.75) is 20.3 Å². The molecule has 3 heterocycles. The van der Waals surface area contributed by atoms with Gasteiger partial charge in [-0.25, -0.2) is 4.98 Å². The fourth-order valence-corrected chi connectivity index (χ4v) is 3.52. The maximum absolute atomic E-state index is 4.71. The summed E-state index contributed by atoms with van der Waals surface area (Å²) in [6.45, 7) is 7.80. The second kappa shape index (κ2) is 8.21. The number of pyridine rings is 1. The van der Waals surface area contributed by atoms with Crippen LogP contribution in [0.2, 0.25) is 0 Å². The van der Waals surface area contributed by atoms with Gasteiger partial charge in [-0.2, -0.15) is 10.1 Å². The molecule has 0 amide bonds. The Labute approximate surface area is 165 Å². The molecule has 1 aliphatic rings. The number of nitrogens with zero attached hydrogens (tertiary/aromatic N) is 6. The third kappa shape index (κ3) is 3.88. The lowest BCUT2D eigenvalue weighted by Crippen LogP contribution is -2.47. The number of para-hydroxylation sites is 1. The first-order chi connectivity index (χ1) is 13.7. The molecule has 1 N–H and O–H groups in total. The molecule has 1 saturated heterocycles. The molecule has 1 aromatic carbocycles. The highest BCUT2D eigenvalue weighted by molar-refractivity contribution is 5.63. The zero-order valence-electron chi connectivity index (χ0n) is 16.3. The average Bonchev–Trinajstić information content (AvgIpc) is 2.76. The van der Waals surface area contributed by atoms with Crippen molar-refractivity contribution in [3.63, 3.8) is 0 Å². The molecule has 0 aliphatic carbocycles. The number of hydrogen-bond acceptors (Lipinski definition) is 7. The van der Waals surface area contributed by atoms with Crippen LogP contribution in [0.15, 0.2) is 48.8 Å². The zero-order valence-corrected chi connectivity index (χ0v) is 16.3. The molecular formula is C21H25N7. The molecule has 2 aromatic heterocycles. The van der Waals surface area contributed by atoms with Gasteiger partial charge in [0.15, 0.2) is 5.82 Å². The standard InChI is InChI=1S/C21H25N7/c1-3-17-8-6-7-16(2)20(17)25-21-24-19(15-23-26-21)28-13-11-27(12-14-28)18-9-4-5-10-22-18/h4-10,15H,3,11-14H2,1-2H3,(H,24,25,26). The van der Waals surface area contributed by atoms with Gasteiger partial charge in [-0.15, -0.1) is 5.10 Å². The van der Waals surface area contributed by atoms with E-state index in [-0.39, 0.29) is 0 Å². The number of aryl methyl sites for hydroxylation is 2. The Kier molecular flexibility index (Phi) is 5.32. The summed E-state index contributed by atoms with van der Waals surface area (Å²) in [6.07, 6.45) is 4.52. The van der Waals surface area contributed by atoms with Gasteiger partial charge in [0.25, 0.3) is 0 Å². The molecule has 144 valence electrons. The van der Waals surface area contributed by atoms with E-state index in [1.54, 1.807) is 6.20 Å². The van der Waals surface area contributed by atoms with Crippen LogP contribution in [0, 0.1) is 6.92 Å². The molecule has 3 aromatic rings. The van der Waals surface area contributed by atoms with E-state index in [1.165, 1.54) is 11.1 Å². The lowest BCUT2D eigenvalue weighted by molar-refractivity contribution is 0.639. The van der Waals surface area contributed by atoms with E-state index in [1.807, 2.05) is 18.3 Å². The summed E-state index contributed by atoms with van der Waals surface area (Å²) in [5, 5.41) is 11.7. The fraction of sp³-hybridized carbons (Fsp3) is 0.333. The fourth-order valence-electron chi connectivity index (χ4n) is 3.52. The number of rotatable bonds is 5. The monoisotopic (exact) mass is 375 g/mol. The molecule has 28 heavy (non-hydrogen) atoms. The molecule has 1 fully saturated rings. The smallest absolute Gasteiger partial charge is 0.249 e. The second-order valence-corrected chi connectivity index (χ2v) is 6.89. The van der Waals surface area contributed by atoms with Gasteiger partial charge in [-0.3, -0.25) is 0 Å². The molecule has 0 spiro atoms. The second-order valence-electron chi connectivity index (χ2n) is 6.89. The third-order valence-electron chi connectivity index (χ3n) is 5.10. The first-order valence-electron chi connectivity index (χ1n) is 9.70. The van der Waals surface area contributed by atoms with Crippen molar-refractivity contribution in [1.29, 1.82) is 0 Å². The molecule has 1 aliphatic heterocycles. The van der Waals surface area contributed by atoms with Crippen LogP contribution >= 0.6 is 0 Å². The van der Waals surface area contributed by atoms with Gasteiger partial charge in [0.1, 0.15) is 5.82 Å². The van der Waals surface area contributed by atoms with Gasteiger partial charge in [0, 0.05) is 38.1 Å². The largest absolute Gasteiger partial charge is 0.353 e. The molecular weight excluding hydrogens is 350 g/mol. The summed E-state index contributed by atoms with van der Waals surface area (Å²) in [5.74, 6) is 2.41. The molecule has 7 heteroatoms. The summed E-state index contributed by atoms with van der Waals surface area (Å²) in [5.41, 5.74) is 3.50. The lowest BCUT2D eigenvalue weighted by atomic mass is 10.1. The predicted molar refractivity (Wildman–Crippen MR) is 112 cm³/mol. The number of aromatic nitrogens is 4. The van der Waals surface area contributed by atoms with Crippen molar-refractivity contribution in [3.05, 3.63) is 59.9 Å². The van der Waals surface area contributed by atoms with E-state index in [9.17, 15) is 0 Å². The maximum Gasteiger partial charge on any atom is 0.249 e. The van der Waals surface area contributed by atoms with Gasteiger partial charge in [-0.05, 0) is 36.6 Å². The van der Waals surface area contributed by atoms with Gasteiger partial charge in [0.05, 0.1) is 6.20 Å². The molecule has 0 radical (unpaired) electrons. The Balaban J connectivity index is 1.46. The predicted octanol–water partition coefficient (Wildman–Crippen LogP) is 3.21. The number of anilines is 4. The molecule has 0 saturated carbocycles. The van der Waals surface area contributed by atoms with E-state index in [0.717, 1.165) is 49.9 Å². The van der Waals surface area contributed by atoms with Crippen molar-refractivity contribution < 1.29 is 0 Å². The average molecular weight is 375 g/mol. The normalized spacial score (nSPS) is 14.2. The Morgan fingerprint density at radius 3 is 2.46 bits per heavy atom. The van der Waals surface area contributed by atoms with Gasteiger partial charge < -0.3 is 15.1 Å². The molecule has 0 bridgehead atoms. The minimum absolute atomic E-state index is 0.536. The summed E-state index contributed by atoms with van der Waals surface area (Å²) >= 11 is 0. The van der Waals surface area contributed by atoms with Crippen LogP contribution < -0.4 is 15.1 Å². The van der Waals surface area contributed by atoms with Gasteiger partial charge in [-0.1, -0.05) is 31.2 Å². The quantitative estimate of drug-likeness (QED) is 0.734. The Hall–Kier alpha value is -3.22. The lowest BCUT2D eigenvalue weighted by Gasteiger charge is -2.35. The van der Waals surface area contributed by atoms with E-state index in [0.29, 0.717) is 5.95 Å². The highest BCUT2D eigenvalue weighted by Gasteiger charge is 2.20. The first-order valence-corrected chi connectivity index (χ1v) is 9.70. The van der Waals surface area contributed by atoms with Gasteiger partial charge in [0.2, 0.25) is 5.95 Å². The maximum atomic E-state index is 4.71. The van der Waals surface area contributed by atoms with Crippen molar-refractivity contribution in [2.24, 2.45) is 0 Å². The van der Waals surface area contributed by atoms with Crippen LogP contribution in [0.25, 0.3) is 0 Å². The van der Waals surface area contributed by atoms with Crippen LogP contribution in [0.5, 0.6) is 0 Å². The van der Waals surface area contributed by atoms with Crippen molar-refractivity contribution in [2.75, 3.05) is 41.3 Å². The number of hydrogen-bond donors (Lipinski definition) is 1. The highest BCUT2D eigenvalue weighted by atomic mass is 15.3. The number of piperazine rings is 1. The summed E-state index contributed by atoms with van der Waals surface area (Å²) in [7, 11) is 0. The van der Waals surface area contributed by atoms with Crippen LogP contribution in [0.3, 0.4) is 0 Å². The topological polar surface area (TPSA) is 70.1 Å². The SMILES string of the molecule is CCc1cccc(C)c1Nc1nncc(N2CCN(c3ccccn3)CC2)n1. The number of benzene rings is 1. The molecule has 7 nitrogen and oxygen atoms in total. The molecule has 4 rings (SSSR count). The van der Waals surface area contributed by atoms with E-state index < -0.39 is 0 Å². The Morgan fingerprint density at radius 1 is 0.964 bits per heavy atom. The van der Waals surface area contributed by atoms with E-state index in [4.69, 9.17) is 4.98 Å². The van der Waals surface area contributed by atoms with Crippen molar-refractivity contribution in [3.8, 4) is 0 Å². The summed E-state index contributed by atoms with van der Waals surface area (Å²) in [6, 6.07) is 12.3. The zero-order chi connectivity index (χ0) is 19.3. The van der Waals surface area contributed by atoms with Crippen LogP contribution in [-0.2, 0) is 6.42 Å². The summed E-state index contributed by atoms with van der Waals surface area (Å²) in [4.78, 5) is 13.7. The highest BCUT2D eigenvalue weighted by Crippen LogP contribution is 2.24. The van der Waals surface area contributed by atoms with Crippen LogP contribution in [0.4, 0.5) is 23.3 Å². The van der Waals surface area contributed by atoms with Crippen molar-refractivity contribution >= 4 is 23.3 Å².